The third-order valence-corrected chi connectivity index (χ3v) is 7.05. The van der Waals surface area contributed by atoms with Crippen LogP contribution in [0, 0.1) is 13.8 Å². The molecule has 1 aromatic carbocycles. The maximum absolute atomic E-state index is 12.2. The lowest BCUT2D eigenvalue weighted by atomic mass is 10.1. The third-order valence-electron chi connectivity index (χ3n) is 4.15. The van der Waals surface area contributed by atoms with Crippen LogP contribution in [0.25, 0.3) is 0 Å². The summed E-state index contributed by atoms with van der Waals surface area (Å²) in [6.45, 7) is 3.60. The first-order valence-electron chi connectivity index (χ1n) is 7.76. The Morgan fingerprint density at radius 3 is 2.30 bits per heavy atom. The van der Waals surface area contributed by atoms with Crippen molar-refractivity contribution in [1.29, 1.82) is 0 Å². The van der Waals surface area contributed by atoms with E-state index in [4.69, 9.17) is 0 Å². The van der Waals surface area contributed by atoms with Gasteiger partial charge in [-0.15, -0.1) is 0 Å². The summed E-state index contributed by atoms with van der Waals surface area (Å²) in [6.07, 6.45) is 3.78. The number of aryl methyl sites for hydroxylation is 2. The predicted octanol–water partition coefficient (Wildman–Crippen LogP) is 1.44. The van der Waals surface area contributed by atoms with Gasteiger partial charge in [-0.1, -0.05) is 18.9 Å². The minimum atomic E-state index is -3.69. The lowest BCUT2D eigenvalue weighted by Gasteiger charge is -2.13. The van der Waals surface area contributed by atoms with Gasteiger partial charge in [0.05, 0.1) is 10.6 Å². The molecule has 0 atom stereocenters. The summed E-state index contributed by atoms with van der Waals surface area (Å²) in [7, 11) is -7.15. The van der Waals surface area contributed by atoms with Crippen LogP contribution in [-0.2, 0) is 20.0 Å². The van der Waals surface area contributed by atoms with Crippen molar-refractivity contribution in [2.24, 2.45) is 0 Å². The zero-order valence-electron chi connectivity index (χ0n) is 13.5. The van der Waals surface area contributed by atoms with E-state index in [1.165, 1.54) is 6.07 Å². The molecule has 0 unspecified atom stereocenters. The van der Waals surface area contributed by atoms with Crippen LogP contribution in [0.4, 0.5) is 0 Å². The summed E-state index contributed by atoms with van der Waals surface area (Å²) in [5, 5.41) is 0. The first-order chi connectivity index (χ1) is 10.7. The fourth-order valence-electron chi connectivity index (χ4n) is 2.63. The molecule has 0 saturated heterocycles. The second kappa shape index (κ2) is 7.29. The molecule has 2 N–H and O–H groups in total. The predicted molar refractivity (Wildman–Crippen MR) is 90.3 cm³/mol. The van der Waals surface area contributed by atoms with Crippen molar-refractivity contribution in [2.75, 3.05) is 12.3 Å². The van der Waals surface area contributed by atoms with E-state index >= 15 is 0 Å². The van der Waals surface area contributed by atoms with Crippen LogP contribution >= 0.6 is 0 Å². The normalized spacial score (nSPS) is 16.8. The molecular weight excluding hydrogens is 336 g/mol. The van der Waals surface area contributed by atoms with E-state index in [-0.39, 0.29) is 23.2 Å². The highest BCUT2D eigenvalue weighted by atomic mass is 32.2. The molecule has 130 valence electrons. The van der Waals surface area contributed by atoms with Gasteiger partial charge in [0.1, 0.15) is 0 Å². The number of hydrogen-bond donors (Lipinski definition) is 2. The van der Waals surface area contributed by atoms with Gasteiger partial charge in [-0.05, 0) is 49.9 Å². The van der Waals surface area contributed by atoms with Gasteiger partial charge in [-0.2, -0.15) is 0 Å². The van der Waals surface area contributed by atoms with Crippen molar-refractivity contribution < 1.29 is 16.8 Å². The van der Waals surface area contributed by atoms with Crippen LogP contribution in [0.5, 0.6) is 0 Å². The number of benzene rings is 1. The summed E-state index contributed by atoms with van der Waals surface area (Å²) < 4.78 is 53.3. The average Bonchev–Trinajstić information content (AvgIpc) is 2.93. The summed E-state index contributed by atoms with van der Waals surface area (Å²) in [4.78, 5) is 0.154. The Morgan fingerprint density at radius 1 is 1.04 bits per heavy atom. The molecule has 0 amide bonds. The Balaban J connectivity index is 1.92. The van der Waals surface area contributed by atoms with E-state index in [2.05, 4.69) is 9.44 Å². The number of sulfonamides is 2. The van der Waals surface area contributed by atoms with Crippen LogP contribution < -0.4 is 9.44 Å². The molecule has 23 heavy (non-hydrogen) atoms. The van der Waals surface area contributed by atoms with E-state index in [0.29, 0.717) is 0 Å². The van der Waals surface area contributed by atoms with Crippen molar-refractivity contribution >= 4 is 20.0 Å². The van der Waals surface area contributed by atoms with Gasteiger partial charge in [0.15, 0.2) is 0 Å². The second-order valence-corrected chi connectivity index (χ2v) is 9.70. The Bertz CT molecular complexity index is 752. The molecule has 1 aliphatic rings. The second-order valence-electron chi connectivity index (χ2n) is 6.06. The number of hydrogen-bond acceptors (Lipinski definition) is 4. The van der Waals surface area contributed by atoms with Gasteiger partial charge in [-0.3, -0.25) is 0 Å². The van der Waals surface area contributed by atoms with Crippen LogP contribution in [0.2, 0.25) is 0 Å². The Labute approximate surface area is 138 Å². The molecular formula is C15H24N2O4S2. The number of nitrogens with one attached hydrogen (secondary N) is 2. The SMILES string of the molecule is Cc1ccc(S(=O)(=O)NCCS(=O)(=O)NC2CCCC2)cc1C. The molecule has 2 rings (SSSR count). The fourth-order valence-corrected chi connectivity index (χ4v) is 5.11. The standard InChI is InChI=1S/C15H24N2O4S2/c1-12-7-8-15(11-13(12)2)23(20,21)16-9-10-22(18,19)17-14-5-3-4-6-14/h7-8,11,14,16-17H,3-6,9-10H2,1-2H3. The van der Waals surface area contributed by atoms with E-state index in [0.717, 1.165) is 36.8 Å². The van der Waals surface area contributed by atoms with E-state index in [9.17, 15) is 16.8 Å². The van der Waals surface area contributed by atoms with Gasteiger partial charge >= 0.3 is 0 Å². The topological polar surface area (TPSA) is 92.3 Å². The zero-order valence-corrected chi connectivity index (χ0v) is 15.1. The van der Waals surface area contributed by atoms with E-state index in [1.807, 2.05) is 13.8 Å². The van der Waals surface area contributed by atoms with Crippen LogP contribution in [-0.4, -0.2) is 35.2 Å². The van der Waals surface area contributed by atoms with Crippen molar-refractivity contribution in [1.82, 2.24) is 9.44 Å². The highest BCUT2D eigenvalue weighted by molar-refractivity contribution is 7.90. The van der Waals surface area contributed by atoms with Crippen LogP contribution in [0.3, 0.4) is 0 Å². The molecule has 1 saturated carbocycles. The maximum Gasteiger partial charge on any atom is 0.240 e. The van der Waals surface area contributed by atoms with Gasteiger partial charge in [0.25, 0.3) is 0 Å². The fraction of sp³-hybridized carbons (Fsp3) is 0.600. The Hall–Kier alpha value is -0.960. The lowest BCUT2D eigenvalue weighted by Crippen LogP contribution is -2.38. The highest BCUT2D eigenvalue weighted by Crippen LogP contribution is 2.18. The number of rotatable bonds is 7. The molecule has 1 fully saturated rings. The highest BCUT2D eigenvalue weighted by Gasteiger charge is 2.22. The van der Waals surface area contributed by atoms with E-state index in [1.54, 1.807) is 12.1 Å². The minimum Gasteiger partial charge on any atom is -0.212 e. The summed E-state index contributed by atoms with van der Waals surface area (Å²) in [5.74, 6) is -0.256. The molecule has 0 heterocycles. The van der Waals surface area contributed by atoms with Crippen molar-refractivity contribution in [3.63, 3.8) is 0 Å². The van der Waals surface area contributed by atoms with Gasteiger partial charge in [-0.25, -0.2) is 26.3 Å². The molecule has 0 spiro atoms. The summed E-state index contributed by atoms with van der Waals surface area (Å²) >= 11 is 0. The van der Waals surface area contributed by atoms with Crippen molar-refractivity contribution in [3.05, 3.63) is 29.3 Å². The molecule has 0 aliphatic heterocycles. The van der Waals surface area contributed by atoms with Gasteiger partial charge in [0.2, 0.25) is 20.0 Å². The largest absolute Gasteiger partial charge is 0.240 e. The molecule has 8 heteroatoms. The van der Waals surface area contributed by atoms with Gasteiger partial charge < -0.3 is 0 Å². The molecule has 6 nitrogen and oxygen atoms in total. The molecule has 0 aromatic heterocycles. The summed E-state index contributed by atoms with van der Waals surface area (Å²) in [6, 6.07) is 4.85. The van der Waals surface area contributed by atoms with Gasteiger partial charge in [0, 0.05) is 12.6 Å². The smallest absolute Gasteiger partial charge is 0.212 e. The first kappa shape index (κ1) is 18.4. The quantitative estimate of drug-likeness (QED) is 0.770. The zero-order chi connectivity index (χ0) is 17.1. The first-order valence-corrected chi connectivity index (χ1v) is 10.9. The molecule has 0 bridgehead atoms. The molecule has 1 aliphatic carbocycles. The summed E-state index contributed by atoms with van der Waals surface area (Å²) in [5.41, 5.74) is 1.88. The lowest BCUT2D eigenvalue weighted by molar-refractivity contribution is 0.550. The Kier molecular flexibility index (Phi) is 5.83. The monoisotopic (exact) mass is 360 g/mol. The maximum atomic E-state index is 12.2. The van der Waals surface area contributed by atoms with Crippen LogP contribution in [0.1, 0.15) is 36.8 Å². The Morgan fingerprint density at radius 2 is 1.70 bits per heavy atom. The van der Waals surface area contributed by atoms with E-state index < -0.39 is 20.0 Å². The molecule has 1 aromatic rings. The van der Waals surface area contributed by atoms with Crippen molar-refractivity contribution in [3.8, 4) is 0 Å². The molecule has 0 radical (unpaired) electrons. The minimum absolute atomic E-state index is 0.00337. The van der Waals surface area contributed by atoms with Crippen molar-refractivity contribution in [2.45, 2.75) is 50.5 Å². The third kappa shape index (κ3) is 5.27. The average molecular weight is 361 g/mol. The van der Waals surface area contributed by atoms with Crippen LogP contribution in [0.15, 0.2) is 23.1 Å².